The monoisotopic (exact) mass is 438 g/mol. The zero-order valence-electron chi connectivity index (χ0n) is 17.9. The Kier molecular flexibility index (Phi) is 4.75. The number of aryl methyl sites for hydroxylation is 1. The molecule has 1 aromatic carbocycles. The number of pyridine rings is 1. The number of amides is 1. The van der Waals surface area contributed by atoms with Crippen LogP contribution in [0, 0.1) is 0 Å². The Hall–Kier alpha value is -4.20. The van der Waals surface area contributed by atoms with Gasteiger partial charge in [0.15, 0.2) is 0 Å². The Balaban J connectivity index is 1.21. The summed E-state index contributed by atoms with van der Waals surface area (Å²) >= 11 is 0. The minimum Gasteiger partial charge on any atom is -0.456 e. The summed E-state index contributed by atoms with van der Waals surface area (Å²) < 4.78 is 7.79. The van der Waals surface area contributed by atoms with Gasteiger partial charge in [0.25, 0.3) is 0 Å². The van der Waals surface area contributed by atoms with Crippen molar-refractivity contribution in [2.75, 3.05) is 13.1 Å². The molecule has 1 aliphatic rings. The van der Waals surface area contributed by atoms with Gasteiger partial charge in [0.05, 0.1) is 12.7 Å². The van der Waals surface area contributed by atoms with E-state index in [0.29, 0.717) is 19.5 Å². The van der Waals surface area contributed by atoms with Crippen LogP contribution in [-0.4, -0.2) is 48.9 Å². The summed E-state index contributed by atoms with van der Waals surface area (Å²) in [6.07, 6.45) is 10.6. The van der Waals surface area contributed by atoms with Crippen LogP contribution in [0.5, 0.6) is 0 Å². The maximum atomic E-state index is 12.7. The van der Waals surface area contributed by atoms with Gasteiger partial charge in [-0.15, -0.1) is 5.10 Å². The van der Waals surface area contributed by atoms with E-state index in [2.05, 4.69) is 50.6 Å². The topological polar surface area (TPSA) is 92.8 Å². The third-order valence-electron chi connectivity index (χ3n) is 6.10. The van der Waals surface area contributed by atoms with E-state index in [1.165, 1.54) is 0 Å². The number of carbonyl (C=O) groups is 1. The quantitative estimate of drug-likeness (QED) is 0.442. The van der Waals surface area contributed by atoms with Gasteiger partial charge in [-0.05, 0) is 47.9 Å². The standard InChI is InChI=1S/C25H22N6O2/c32-24(6-10-31-11-8-28-29-31)30-9-1-2-19(16-30)17-3-4-22-20(12-17)14-23(33-22)21-13-18-5-7-26-25(18)27-15-21/h2-5,7-8,11-15H,1,6,9-10,16H2,(H,26,27). The first kappa shape index (κ1) is 19.5. The fourth-order valence-corrected chi connectivity index (χ4v) is 4.35. The number of fused-ring (bicyclic) bond motifs is 2. The Bertz CT molecular complexity index is 1480. The van der Waals surface area contributed by atoms with Crippen LogP contribution in [0.4, 0.5) is 0 Å². The van der Waals surface area contributed by atoms with Gasteiger partial charge in [0.1, 0.15) is 17.0 Å². The number of aromatic amines is 1. The Labute approximate surface area is 189 Å². The minimum absolute atomic E-state index is 0.135. The number of furan rings is 1. The lowest BCUT2D eigenvalue weighted by molar-refractivity contribution is -0.131. The average molecular weight is 438 g/mol. The highest BCUT2D eigenvalue weighted by Crippen LogP contribution is 2.31. The molecule has 0 bridgehead atoms. The molecule has 1 N–H and O–H groups in total. The first-order valence-corrected chi connectivity index (χ1v) is 11.0. The Morgan fingerprint density at radius 2 is 2.06 bits per heavy atom. The van der Waals surface area contributed by atoms with Crippen molar-refractivity contribution in [1.29, 1.82) is 0 Å². The van der Waals surface area contributed by atoms with E-state index in [0.717, 1.165) is 57.4 Å². The molecular weight excluding hydrogens is 416 g/mol. The van der Waals surface area contributed by atoms with Gasteiger partial charge < -0.3 is 14.3 Å². The molecule has 5 aromatic rings. The maximum Gasteiger partial charge on any atom is 0.224 e. The summed E-state index contributed by atoms with van der Waals surface area (Å²) in [6, 6.07) is 12.3. The largest absolute Gasteiger partial charge is 0.456 e. The Morgan fingerprint density at radius 1 is 1.12 bits per heavy atom. The first-order chi connectivity index (χ1) is 16.2. The highest BCUT2D eigenvalue weighted by Gasteiger charge is 2.19. The number of carbonyl (C=O) groups excluding carboxylic acids is 1. The summed E-state index contributed by atoms with van der Waals surface area (Å²) in [4.78, 5) is 22.2. The van der Waals surface area contributed by atoms with E-state index in [1.54, 1.807) is 17.1 Å². The van der Waals surface area contributed by atoms with Crippen molar-refractivity contribution >= 4 is 33.5 Å². The third-order valence-corrected chi connectivity index (χ3v) is 6.10. The normalized spacial score (nSPS) is 14.2. The van der Waals surface area contributed by atoms with Crippen molar-refractivity contribution in [3.8, 4) is 11.3 Å². The molecule has 6 rings (SSSR count). The molecule has 1 aliphatic heterocycles. The van der Waals surface area contributed by atoms with Gasteiger partial charge in [-0.25, -0.2) is 4.98 Å². The molecule has 0 aliphatic carbocycles. The van der Waals surface area contributed by atoms with Crippen LogP contribution in [-0.2, 0) is 11.3 Å². The van der Waals surface area contributed by atoms with Crippen LogP contribution < -0.4 is 0 Å². The molecule has 0 unspecified atom stereocenters. The molecule has 0 atom stereocenters. The number of benzene rings is 1. The molecule has 0 saturated carbocycles. The highest BCUT2D eigenvalue weighted by atomic mass is 16.3. The van der Waals surface area contributed by atoms with Gasteiger partial charge in [0, 0.05) is 54.4 Å². The van der Waals surface area contributed by atoms with Crippen molar-refractivity contribution in [1.82, 2.24) is 29.9 Å². The second kappa shape index (κ2) is 8.05. The van der Waals surface area contributed by atoms with E-state index >= 15 is 0 Å². The van der Waals surface area contributed by atoms with E-state index < -0.39 is 0 Å². The average Bonchev–Trinajstić information content (AvgIpc) is 3.62. The van der Waals surface area contributed by atoms with Crippen molar-refractivity contribution in [2.24, 2.45) is 0 Å². The number of rotatable bonds is 5. The highest BCUT2D eigenvalue weighted by molar-refractivity contribution is 5.89. The second-order valence-electron chi connectivity index (χ2n) is 8.25. The zero-order chi connectivity index (χ0) is 22.2. The predicted octanol–water partition coefficient (Wildman–Crippen LogP) is 4.27. The lowest BCUT2D eigenvalue weighted by Crippen LogP contribution is -2.35. The van der Waals surface area contributed by atoms with Crippen LogP contribution >= 0.6 is 0 Å². The molecule has 8 heteroatoms. The van der Waals surface area contributed by atoms with E-state index in [4.69, 9.17) is 4.42 Å². The summed E-state index contributed by atoms with van der Waals surface area (Å²) in [5.74, 6) is 0.927. The first-order valence-electron chi connectivity index (χ1n) is 11.0. The second-order valence-corrected chi connectivity index (χ2v) is 8.25. The van der Waals surface area contributed by atoms with Gasteiger partial charge in [0.2, 0.25) is 5.91 Å². The molecule has 0 saturated heterocycles. The fourth-order valence-electron chi connectivity index (χ4n) is 4.35. The molecule has 5 heterocycles. The lowest BCUT2D eigenvalue weighted by Gasteiger charge is -2.27. The number of H-pyrrole nitrogens is 1. The van der Waals surface area contributed by atoms with Crippen molar-refractivity contribution < 1.29 is 9.21 Å². The molecule has 164 valence electrons. The Morgan fingerprint density at radius 3 is 2.97 bits per heavy atom. The van der Waals surface area contributed by atoms with Crippen LogP contribution in [0.25, 0.3) is 38.9 Å². The smallest absolute Gasteiger partial charge is 0.224 e. The van der Waals surface area contributed by atoms with Crippen molar-refractivity contribution in [3.63, 3.8) is 0 Å². The molecule has 0 fully saturated rings. The van der Waals surface area contributed by atoms with Gasteiger partial charge >= 0.3 is 0 Å². The number of aromatic nitrogens is 5. The lowest BCUT2D eigenvalue weighted by atomic mass is 9.99. The van der Waals surface area contributed by atoms with Crippen LogP contribution in [0.3, 0.4) is 0 Å². The number of hydrogen-bond donors (Lipinski definition) is 1. The molecule has 1 amide bonds. The zero-order valence-corrected chi connectivity index (χ0v) is 17.9. The summed E-state index contributed by atoms with van der Waals surface area (Å²) in [7, 11) is 0. The minimum atomic E-state index is 0.135. The molecule has 0 radical (unpaired) electrons. The van der Waals surface area contributed by atoms with Crippen molar-refractivity contribution in [3.05, 3.63) is 72.8 Å². The number of nitrogens with one attached hydrogen (secondary N) is 1. The predicted molar refractivity (Wildman–Crippen MR) is 125 cm³/mol. The third kappa shape index (κ3) is 3.80. The van der Waals surface area contributed by atoms with Crippen LogP contribution in [0.1, 0.15) is 18.4 Å². The number of nitrogens with zero attached hydrogens (tertiary/aromatic N) is 5. The van der Waals surface area contributed by atoms with Crippen molar-refractivity contribution in [2.45, 2.75) is 19.4 Å². The number of hydrogen-bond acceptors (Lipinski definition) is 5. The van der Waals surface area contributed by atoms with Gasteiger partial charge in [-0.1, -0.05) is 17.4 Å². The summed E-state index contributed by atoms with van der Waals surface area (Å²) in [5, 5.41) is 9.80. The summed E-state index contributed by atoms with van der Waals surface area (Å²) in [5.41, 5.74) is 4.92. The summed E-state index contributed by atoms with van der Waals surface area (Å²) in [6.45, 7) is 1.90. The van der Waals surface area contributed by atoms with Crippen LogP contribution in [0.15, 0.2) is 71.7 Å². The van der Waals surface area contributed by atoms with Gasteiger partial charge in [-0.3, -0.25) is 9.48 Å². The van der Waals surface area contributed by atoms with E-state index in [1.807, 2.05) is 29.4 Å². The van der Waals surface area contributed by atoms with Crippen LogP contribution in [0.2, 0.25) is 0 Å². The molecule has 33 heavy (non-hydrogen) atoms. The van der Waals surface area contributed by atoms with E-state index in [9.17, 15) is 4.79 Å². The van der Waals surface area contributed by atoms with Gasteiger partial charge in [-0.2, -0.15) is 0 Å². The molecule has 0 spiro atoms. The van der Waals surface area contributed by atoms with E-state index in [-0.39, 0.29) is 5.91 Å². The molecule has 4 aromatic heterocycles. The molecule has 8 nitrogen and oxygen atoms in total. The molecular formula is C25H22N6O2. The SMILES string of the molecule is O=C(CCn1ccnn1)N1CCC=C(c2ccc3oc(-c4cnc5[nH]ccc5c4)cc3c2)C1. The fraction of sp³-hybridized carbons (Fsp3) is 0.200. The maximum absolute atomic E-state index is 12.7.